The number of nitrogens with zero attached hydrogens (tertiary/aromatic N) is 5. The lowest BCUT2D eigenvalue weighted by Gasteiger charge is -2.11. The maximum atomic E-state index is 12.6. The highest BCUT2D eigenvalue weighted by molar-refractivity contribution is 5.92. The van der Waals surface area contributed by atoms with Crippen molar-refractivity contribution in [2.24, 2.45) is 0 Å². The molecule has 0 spiro atoms. The monoisotopic (exact) mass is 404 g/mol. The summed E-state index contributed by atoms with van der Waals surface area (Å²) in [6.07, 6.45) is 1.41. The molecule has 2 heterocycles. The van der Waals surface area contributed by atoms with Crippen molar-refractivity contribution >= 4 is 16.7 Å². The van der Waals surface area contributed by atoms with Crippen LogP contribution in [0.5, 0.6) is 0 Å². The van der Waals surface area contributed by atoms with Crippen LogP contribution in [0.3, 0.4) is 0 Å². The second-order valence-corrected chi connectivity index (χ2v) is 6.55. The Bertz CT molecular complexity index is 1230. The molecule has 0 fully saturated rings. The molecule has 9 nitrogen and oxygen atoms in total. The molecule has 2 aromatic carbocycles. The third kappa shape index (κ3) is 3.96. The number of hydrogen-bond acceptors (Lipinski definition) is 6. The Kier molecular flexibility index (Phi) is 5.62. The van der Waals surface area contributed by atoms with Crippen LogP contribution in [0, 0.1) is 0 Å². The second kappa shape index (κ2) is 8.66. The Morgan fingerprint density at radius 3 is 2.53 bits per heavy atom. The van der Waals surface area contributed by atoms with Crippen LogP contribution in [0.15, 0.2) is 65.6 Å². The molecular weight excluding hydrogens is 384 g/mol. The van der Waals surface area contributed by atoms with Crippen LogP contribution in [-0.2, 0) is 17.8 Å². The summed E-state index contributed by atoms with van der Waals surface area (Å²) in [5.41, 5.74) is 1.35. The van der Waals surface area contributed by atoms with Crippen molar-refractivity contribution in [2.75, 3.05) is 13.7 Å². The van der Waals surface area contributed by atoms with Gasteiger partial charge < -0.3 is 10.1 Å². The quantitative estimate of drug-likeness (QED) is 0.501. The lowest BCUT2D eigenvalue weighted by atomic mass is 10.1. The van der Waals surface area contributed by atoms with E-state index in [1.54, 1.807) is 19.2 Å². The summed E-state index contributed by atoms with van der Waals surface area (Å²) in [5.74, 6) is -0.377. The van der Waals surface area contributed by atoms with Crippen molar-refractivity contribution in [2.45, 2.75) is 13.1 Å². The van der Waals surface area contributed by atoms with Gasteiger partial charge in [-0.1, -0.05) is 36.4 Å². The first-order valence-corrected chi connectivity index (χ1v) is 9.41. The van der Waals surface area contributed by atoms with E-state index in [-0.39, 0.29) is 23.7 Å². The molecule has 152 valence electrons. The summed E-state index contributed by atoms with van der Waals surface area (Å²) in [4.78, 5) is 26.6. The Morgan fingerprint density at radius 2 is 1.77 bits per heavy atom. The molecule has 0 aliphatic heterocycles. The van der Waals surface area contributed by atoms with Gasteiger partial charge in [-0.05, 0) is 18.2 Å². The van der Waals surface area contributed by atoms with E-state index in [1.807, 2.05) is 42.5 Å². The first-order valence-electron chi connectivity index (χ1n) is 9.41. The minimum atomic E-state index is -0.377. The number of benzene rings is 2. The fourth-order valence-electron chi connectivity index (χ4n) is 3.07. The summed E-state index contributed by atoms with van der Waals surface area (Å²) in [5, 5.41) is 16.8. The van der Waals surface area contributed by atoms with Crippen molar-refractivity contribution < 1.29 is 9.53 Å². The Morgan fingerprint density at radius 1 is 1.03 bits per heavy atom. The molecule has 0 unspecified atom stereocenters. The summed E-state index contributed by atoms with van der Waals surface area (Å²) < 4.78 is 6.42. The number of para-hydroxylation sites is 1. The van der Waals surface area contributed by atoms with E-state index in [2.05, 4.69) is 20.6 Å². The number of nitrogens with one attached hydrogen (secondary N) is 1. The number of carbonyl (C=O) groups excluding carboxylic acids is 1. The van der Waals surface area contributed by atoms with Gasteiger partial charge in [0.2, 0.25) is 0 Å². The summed E-state index contributed by atoms with van der Waals surface area (Å²) >= 11 is 0. The third-order valence-corrected chi connectivity index (χ3v) is 4.58. The van der Waals surface area contributed by atoms with E-state index in [1.165, 1.54) is 15.7 Å². The van der Waals surface area contributed by atoms with E-state index in [4.69, 9.17) is 4.74 Å². The average molecular weight is 404 g/mol. The van der Waals surface area contributed by atoms with Crippen LogP contribution in [0.2, 0.25) is 0 Å². The molecule has 0 aliphatic rings. The second-order valence-electron chi connectivity index (χ2n) is 6.55. The number of methoxy groups -OCH3 is 1. The smallest absolute Gasteiger partial charge is 0.274 e. The first-order chi connectivity index (χ1) is 14.7. The zero-order valence-electron chi connectivity index (χ0n) is 16.4. The number of fused-ring (bicyclic) bond motifs is 1. The molecule has 0 radical (unpaired) electrons. The van der Waals surface area contributed by atoms with Gasteiger partial charge in [0.25, 0.3) is 11.5 Å². The number of aromatic nitrogens is 5. The van der Waals surface area contributed by atoms with Gasteiger partial charge in [0, 0.05) is 12.5 Å². The van der Waals surface area contributed by atoms with Crippen LogP contribution in [0.4, 0.5) is 0 Å². The van der Waals surface area contributed by atoms with Crippen molar-refractivity contribution in [1.29, 1.82) is 0 Å². The van der Waals surface area contributed by atoms with Gasteiger partial charge in [0.15, 0.2) is 5.69 Å². The van der Waals surface area contributed by atoms with Crippen LogP contribution >= 0.6 is 0 Å². The van der Waals surface area contributed by atoms with Crippen molar-refractivity contribution in [3.63, 3.8) is 0 Å². The molecule has 0 saturated heterocycles. The largest absolute Gasteiger partial charge is 0.383 e. The van der Waals surface area contributed by atoms with E-state index >= 15 is 0 Å². The van der Waals surface area contributed by atoms with Gasteiger partial charge >= 0.3 is 0 Å². The Hall–Kier alpha value is -3.85. The van der Waals surface area contributed by atoms with E-state index < -0.39 is 0 Å². The summed E-state index contributed by atoms with van der Waals surface area (Å²) in [6, 6.07) is 16.5. The number of hydrogen-bond donors (Lipinski definition) is 1. The topological polar surface area (TPSA) is 104 Å². The Balaban J connectivity index is 1.56. The van der Waals surface area contributed by atoms with Gasteiger partial charge in [-0.25, -0.2) is 4.68 Å². The normalized spacial score (nSPS) is 11.0. The maximum absolute atomic E-state index is 12.6. The van der Waals surface area contributed by atoms with Crippen LogP contribution < -0.4 is 10.9 Å². The minimum Gasteiger partial charge on any atom is -0.383 e. The summed E-state index contributed by atoms with van der Waals surface area (Å²) in [7, 11) is 1.57. The van der Waals surface area contributed by atoms with Crippen LogP contribution in [0.1, 0.15) is 16.2 Å². The zero-order valence-corrected chi connectivity index (χ0v) is 16.4. The predicted molar refractivity (Wildman–Crippen MR) is 110 cm³/mol. The van der Waals surface area contributed by atoms with E-state index in [9.17, 15) is 9.59 Å². The summed E-state index contributed by atoms with van der Waals surface area (Å²) in [6.45, 7) is 0.830. The highest BCUT2D eigenvalue weighted by Crippen LogP contribution is 2.13. The first kappa shape index (κ1) is 19.5. The van der Waals surface area contributed by atoms with Gasteiger partial charge in [0.1, 0.15) is 0 Å². The van der Waals surface area contributed by atoms with Gasteiger partial charge in [-0.15, -0.1) is 5.10 Å². The lowest BCUT2D eigenvalue weighted by Crippen LogP contribution is -2.29. The molecular formula is C21H20N6O3. The molecule has 30 heavy (non-hydrogen) atoms. The number of rotatable bonds is 7. The Labute approximate surface area is 171 Å². The van der Waals surface area contributed by atoms with Gasteiger partial charge in [0.05, 0.1) is 42.7 Å². The van der Waals surface area contributed by atoms with Crippen molar-refractivity contribution in [1.82, 2.24) is 30.1 Å². The molecule has 4 rings (SSSR count). The fourth-order valence-corrected chi connectivity index (χ4v) is 3.07. The number of amides is 1. The lowest BCUT2D eigenvalue weighted by molar-refractivity contribution is 0.0945. The molecule has 9 heteroatoms. The molecule has 0 saturated carbocycles. The molecule has 2 aromatic heterocycles. The van der Waals surface area contributed by atoms with Gasteiger partial charge in [-0.2, -0.15) is 15.0 Å². The third-order valence-electron chi connectivity index (χ3n) is 4.58. The molecule has 0 atom stereocenters. The molecule has 1 amide bonds. The number of ether oxygens (including phenoxy) is 1. The standard InChI is InChI=1S/C21H20N6O3/c1-30-12-11-26-21(29)17-10-6-5-9-16(17)18(24-26)13-22-20(28)19-14-23-27(25-19)15-7-3-2-4-8-15/h2-10,14H,11-13H2,1H3,(H,22,28). The van der Waals surface area contributed by atoms with Gasteiger partial charge in [-0.3, -0.25) is 9.59 Å². The molecule has 4 aromatic rings. The number of carbonyl (C=O) groups is 1. The highest BCUT2D eigenvalue weighted by Gasteiger charge is 2.14. The highest BCUT2D eigenvalue weighted by atomic mass is 16.5. The fraction of sp³-hybridized carbons (Fsp3) is 0.190. The van der Waals surface area contributed by atoms with Crippen molar-refractivity contribution in [3.8, 4) is 5.69 Å². The van der Waals surface area contributed by atoms with Crippen LogP contribution in [-0.4, -0.2) is 44.4 Å². The van der Waals surface area contributed by atoms with Crippen LogP contribution in [0.25, 0.3) is 16.5 Å². The zero-order chi connectivity index (χ0) is 20.9. The van der Waals surface area contributed by atoms with E-state index in [0.717, 1.165) is 5.69 Å². The average Bonchev–Trinajstić information content (AvgIpc) is 3.29. The van der Waals surface area contributed by atoms with E-state index in [0.29, 0.717) is 29.6 Å². The molecule has 0 aliphatic carbocycles. The maximum Gasteiger partial charge on any atom is 0.274 e. The predicted octanol–water partition coefficient (Wildman–Crippen LogP) is 1.55. The molecule has 0 bridgehead atoms. The molecule has 1 N–H and O–H groups in total. The SMILES string of the molecule is COCCn1nc(CNC(=O)c2cnn(-c3ccccc3)n2)c2ccccc2c1=O. The van der Waals surface area contributed by atoms with Crippen molar-refractivity contribution in [3.05, 3.63) is 82.5 Å². The minimum absolute atomic E-state index is 0.144.